The highest BCUT2D eigenvalue weighted by Crippen LogP contribution is 2.76. The third-order valence-corrected chi connectivity index (χ3v) is 28.8. The number of allylic oxidation sites excluding steroid dienone is 2. The molecule has 8 aliphatic heterocycles. The molecule has 0 aromatic rings. The molecule has 5 aliphatic carbocycles. The quantitative estimate of drug-likeness (QED) is 0.0233. The van der Waals surface area contributed by atoms with E-state index in [1.807, 2.05) is 13.8 Å². The van der Waals surface area contributed by atoms with Crippen molar-refractivity contribution in [3.05, 3.63) is 11.6 Å². The van der Waals surface area contributed by atoms with Crippen LogP contribution in [0.3, 0.4) is 0 Å². The summed E-state index contributed by atoms with van der Waals surface area (Å²) in [4.78, 5) is 57.0. The molecule has 41 nitrogen and oxygen atoms in total. The van der Waals surface area contributed by atoms with Crippen LogP contribution in [0, 0.1) is 50.2 Å². The molecule has 8 heterocycles. The van der Waals surface area contributed by atoms with Crippen molar-refractivity contribution in [2.45, 2.75) is 367 Å². The summed E-state index contributed by atoms with van der Waals surface area (Å²) in [5.74, 6) is -5.29. The van der Waals surface area contributed by atoms with E-state index in [-0.39, 0.29) is 25.2 Å². The molecule has 47 atom stereocenters. The summed E-state index contributed by atoms with van der Waals surface area (Å²) in [7, 11) is 0. The Balaban J connectivity index is 0.788. The molecule has 0 unspecified atom stereocenters. The summed E-state index contributed by atoms with van der Waals surface area (Å²) < 4.78 is 103. The first-order valence-electron chi connectivity index (χ1n) is 40.7. The van der Waals surface area contributed by atoms with Crippen molar-refractivity contribution in [1.29, 1.82) is 0 Å². The van der Waals surface area contributed by atoms with Gasteiger partial charge in [-0.3, -0.25) is 9.59 Å². The fourth-order valence-corrected chi connectivity index (χ4v) is 21.7. The lowest BCUT2D eigenvalue weighted by atomic mass is 9.33. The van der Waals surface area contributed by atoms with E-state index in [0.29, 0.717) is 38.5 Å². The van der Waals surface area contributed by atoms with Crippen molar-refractivity contribution in [1.82, 2.24) is 0 Å². The van der Waals surface area contributed by atoms with Gasteiger partial charge in [-0.2, -0.15) is 0 Å². The van der Waals surface area contributed by atoms with Gasteiger partial charge in [0.15, 0.2) is 62.3 Å². The van der Waals surface area contributed by atoms with Gasteiger partial charge in [0.2, 0.25) is 6.29 Å². The average Bonchev–Trinajstić information content (AvgIpc) is 0.668. The zero-order valence-corrected chi connectivity index (χ0v) is 67.1. The number of carbonyl (C=O) groups is 4. The molecule has 12 fully saturated rings. The van der Waals surface area contributed by atoms with Crippen molar-refractivity contribution in [2.75, 3.05) is 26.4 Å². The van der Waals surface area contributed by atoms with Gasteiger partial charge in [-0.25, -0.2) is 4.79 Å². The Bertz CT molecular complexity index is 3530. The fourth-order valence-electron chi connectivity index (χ4n) is 21.7. The van der Waals surface area contributed by atoms with Crippen molar-refractivity contribution in [2.24, 2.45) is 50.2 Å². The highest BCUT2D eigenvalue weighted by molar-refractivity contribution is 5.80. The van der Waals surface area contributed by atoms with Crippen LogP contribution < -0.4 is 0 Å². The minimum atomic E-state index is -2.25. The van der Waals surface area contributed by atoms with Gasteiger partial charge in [-0.1, -0.05) is 53.2 Å². The van der Waals surface area contributed by atoms with Gasteiger partial charge >= 0.3 is 17.9 Å². The number of fused-ring (bicyclic) bond motifs is 7. The minimum absolute atomic E-state index is 0.0349. The van der Waals surface area contributed by atoms with E-state index in [0.717, 1.165) is 18.8 Å². The molecule has 0 amide bonds. The Labute approximate surface area is 678 Å². The Morgan fingerprint density at radius 3 is 1.56 bits per heavy atom. The number of aliphatic carboxylic acids is 1. The molecule has 13 aliphatic rings. The van der Waals surface area contributed by atoms with Crippen molar-refractivity contribution < 1.29 is 202 Å². The van der Waals surface area contributed by atoms with Gasteiger partial charge in [0, 0.05) is 6.92 Å². The van der Waals surface area contributed by atoms with E-state index in [1.54, 1.807) is 6.92 Å². The predicted molar refractivity (Wildman–Crippen MR) is 383 cm³/mol. The molecule has 0 radical (unpaired) electrons. The minimum Gasteiger partial charge on any atom is -0.479 e. The van der Waals surface area contributed by atoms with Crippen LogP contribution >= 0.6 is 0 Å². The third-order valence-electron chi connectivity index (χ3n) is 28.8. The van der Waals surface area contributed by atoms with E-state index < -0.39 is 328 Å². The number of ether oxygens (including phenoxy) is 17. The second-order valence-corrected chi connectivity index (χ2v) is 36.5. The number of hydrogen-bond donors (Lipinski definition) is 20. The maximum atomic E-state index is 16.4. The van der Waals surface area contributed by atoms with Crippen LogP contribution in [0.25, 0.3) is 0 Å². The predicted octanol–water partition coefficient (Wildman–Crippen LogP) is -6.93. The SMILES string of the molecule is CC(=O)O[C@@H]1[C@H](O[C@@H]2O[C@@H](C)[C@H](O)[C@@H](O)[C@H]2O)[C@@H](O[C@@H]2O[C@@H](C)[C@H](O[C@@H]3OC[C@@H](O)[C@H](O[C@@H]4OC[C@@H](O)[C@H](O)[C@H]4O)[C@H]3O)[C@@H](O)[C@H]2O)[C@H](OC(=O)[C@]23CCC(C)(C)C[C@H]2C2=CC[C@@H]4[C@@]5(C)CC[C@H](O[C@@H]6O[C@H](C(=O)O)[C@@H](O)[C@H](O[C@@H]7OC[C@@H](O)[C@H](O)[C@H]7O)[C@H]6O[C@@H]6O[C@H](CO)[C@H](O)[C@H](O)[C@H]6O)[C@@](C)(C=O)[C@@H]5CC[C@@]4(C)[C@]2(C)C[C@H]3O)O[C@@H]1C. The molecular formula is C77H120O41. The van der Waals surface area contributed by atoms with Crippen LogP contribution in [0.4, 0.5) is 0 Å². The summed E-state index contributed by atoms with van der Waals surface area (Å²) in [6.45, 7) is 14.7. The average molecular weight is 1700 g/mol. The number of carbonyl (C=O) groups excluding carboxylic acids is 3. The van der Waals surface area contributed by atoms with Crippen LogP contribution in [0.1, 0.15) is 127 Å². The maximum absolute atomic E-state index is 16.4. The number of aldehydes is 1. The van der Waals surface area contributed by atoms with Gasteiger partial charge in [-0.15, -0.1) is 0 Å². The van der Waals surface area contributed by atoms with Gasteiger partial charge in [0.1, 0.15) is 152 Å². The van der Waals surface area contributed by atoms with E-state index in [4.69, 9.17) is 80.5 Å². The van der Waals surface area contributed by atoms with Crippen molar-refractivity contribution in [3.8, 4) is 0 Å². The second-order valence-electron chi connectivity index (χ2n) is 36.5. The van der Waals surface area contributed by atoms with Gasteiger partial charge in [0.25, 0.3) is 0 Å². The number of hydrogen-bond acceptors (Lipinski definition) is 40. The zero-order valence-electron chi connectivity index (χ0n) is 67.1. The smallest absolute Gasteiger partial charge is 0.335 e. The molecular weight excluding hydrogens is 1580 g/mol. The first-order valence-corrected chi connectivity index (χ1v) is 40.7. The molecule has 8 saturated heterocycles. The van der Waals surface area contributed by atoms with E-state index in [1.165, 1.54) is 20.8 Å². The molecule has 0 bridgehead atoms. The fraction of sp³-hybridized carbons (Fsp3) is 0.922. The molecule has 118 heavy (non-hydrogen) atoms. The normalized spacial score (nSPS) is 54.2. The summed E-state index contributed by atoms with van der Waals surface area (Å²) >= 11 is 0. The number of carboxylic acids is 1. The lowest BCUT2D eigenvalue weighted by molar-refractivity contribution is -0.392. The van der Waals surface area contributed by atoms with Crippen molar-refractivity contribution in [3.63, 3.8) is 0 Å². The summed E-state index contributed by atoms with van der Waals surface area (Å²) in [5, 5.41) is 222. The number of carboxylic acid groups (broad SMARTS) is 1. The van der Waals surface area contributed by atoms with Gasteiger partial charge < -0.3 is 187 Å². The molecule has 0 aromatic heterocycles. The monoisotopic (exact) mass is 1700 g/mol. The van der Waals surface area contributed by atoms with E-state index in [9.17, 15) is 117 Å². The second kappa shape index (κ2) is 35.0. The molecule has 41 heteroatoms. The Morgan fingerprint density at radius 1 is 0.458 bits per heavy atom. The van der Waals surface area contributed by atoms with Crippen molar-refractivity contribution >= 4 is 24.2 Å². The van der Waals surface area contributed by atoms with Crippen LogP contribution in [0.2, 0.25) is 0 Å². The largest absolute Gasteiger partial charge is 0.479 e. The highest BCUT2D eigenvalue weighted by atomic mass is 16.8. The topological polar surface area (TPSA) is 630 Å². The van der Waals surface area contributed by atoms with Crippen LogP contribution in [-0.2, 0) is 99.7 Å². The molecule has 20 N–H and O–H groups in total. The highest BCUT2D eigenvalue weighted by Gasteiger charge is 2.74. The first-order chi connectivity index (χ1) is 55.3. The van der Waals surface area contributed by atoms with Gasteiger partial charge in [-0.05, 0) is 118 Å². The van der Waals surface area contributed by atoms with E-state index in [2.05, 4.69) is 26.8 Å². The summed E-state index contributed by atoms with van der Waals surface area (Å²) in [5.41, 5.74) is -5.38. The number of rotatable bonds is 20. The zero-order chi connectivity index (χ0) is 86.2. The molecule has 4 saturated carbocycles. The molecule has 13 rings (SSSR count). The molecule has 0 aromatic carbocycles. The number of esters is 2. The Morgan fingerprint density at radius 2 is 0.966 bits per heavy atom. The lowest BCUT2D eigenvalue weighted by Gasteiger charge is -2.71. The molecule has 674 valence electrons. The Kier molecular flexibility index (Phi) is 27.3. The summed E-state index contributed by atoms with van der Waals surface area (Å²) in [6, 6.07) is 0. The van der Waals surface area contributed by atoms with Crippen LogP contribution in [-0.4, -0.2) is 392 Å². The van der Waals surface area contributed by atoms with E-state index >= 15 is 4.79 Å². The first kappa shape index (κ1) is 92.1. The standard InChI is InChI=1S/C77H120O41/c1-26-40(85)44(89)49(94)66(105-26)115-59-55(108-29(4)80)28(3)107-69(61(59)117-67-51(96)46(91)54(27(2)106-67)111-65-53(98)56(34(83)24-104-65)112-63-47(92)41(86)32(81)22-102-63)118-71(101)77-18-17-72(5,6)19-31(77)30-11-12-37-73(7)15-14-39(74(8,25-79)36(73)13-16-75(37,9)76(30,10)20-38(77)84)110-70-60(116-68-50(95)45(90)43(88)35(21-78)109-68)57(52(97)58(114-70)62(99)100)113-64-48(93)42(87)33(82)23-103-64/h11,25-28,31-61,63-70,78,81-98H,12-24H2,1-10H3,(H,99,100)/t26-,27-,28+,31-,32+,33+,34+,35+,36+,37+,38+,39-,40-,41-,42-,43-,44+,45-,46-,47+,48+,49+,50+,51+,52-,53+,54-,55-,56-,57-,58-,59-,60+,61+,63-,64-,65-,66-,67-,68-,69-,70+,73-,74-,75+,76+,77+/m0/s1. The number of aliphatic hydroxyl groups is 19. The summed E-state index contributed by atoms with van der Waals surface area (Å²) in [6.07, 6.45) is -65.5. The third kappa shape index (κ3) is 16.2. The molecule has 0 spiro atoms. The van der Waals surface area contributed by atoms with Crippen LogP contribution in [0.5, 0.6) is 0 Å². The van der Waals surface area contributed by atoms with Gasteiger partial charge in [0.05, 0.1) is 62.4 Å². The maximum Gasteiger partial charge on any atom is 0.335 e. The lowest BCUT2D eigenvalue weighted by Crippen LogP contribution is -2.69. The Hall–Kier alpha value is -3.54. The number of aliphatic hydroxyl groups excluding tert-OH is 19. The van der Waals surface area contributed by atoms with Crippen LogP contribution in [0.15, 0.2) is 11.6 Å².